The van der Waals surface area contributed by atoms with Crippen molar-refractivity contribution >= 4 is 11.8 Å². The molecule has 4 nitrogen and oxygen atoms in total. The number of carbonyl (C=O) groups excluding carboxylic acids is 1. The summed E-state index contributed by atoms with van der Waals surface area (Å²) in [4.78, 5) is 13.8. The fourth-order valence-electron chi connectivity index (χ4n) is 4.63. The summed E-state index contributed by atoms with van der Waals surface area (Å²) >= 11 is 0. The Morgan fingerprint density at radius 2 is 1.50 bits per heavy atom. The average molecular weight is 552 g/mol. The van der Waals surface area contributed by atoms with Crippen molar-refractivity contribution in [2.24, 2.45) is 0 Å². The minimum atomic E-state index is -5.18. The molecule has 2 unspecified atom stereocenters. The van der Waals surface area contributed by atoms with Crippen LogP contribution in [0.1, 0.15) is 66.3 Å². The van der Waals surface area contributed by atoms with Crippen molar-refractivity contribution in [1.29, 1.82) is 5.26 Å². The van der Waals surface area contributed by atoms with Crippen LogP contribution in [0.5, 0.6) is 0 Å². The molecule has 0 spiro atoms. The first-order valence-corrected chi connectivity index (χ1v) is 11.4. The predicted molar refractivity (Wildman–Crippen MR) is 117 cm³/mol. The van der Waals surface area contributed by atoms with Crippen LogP contribution < -0.4 is 4.90 Å². The van der Waals surface area contributed by atoms with Gasteiger partial charge in [-0.1, -0.05) is 6.92 Å². The van der Waals surface area contributed by atoms with E-state index in [0.29, 0.717) is 24.3 Å². The lowest BCUT2D eigenvalue weighted by Gasteiger charge is -2.41. The number of rotatable bonds is 4. The molecule has 0 aliphatic carbocycles. The highest BCUT2D eigenvalue weighted by Crippen LogP contribution is 2.49. The van der Waals surface area contributed by atoms with E-state index in [4.69, 9.17) is 4.74 Å². The third-order valence-corrected chi connectivity index (χ3v) is 6.35. The van der Waals surface area contributed by atoms with Crippen LogP contribution >= 0.6 is 0 Å². The van der Waals surface area contributed by atoms with E-state index in [2.05, 4.69) is 0 Å². The van der Waals surface area contributed by atoms with E-state index >= 15 is 0 Å². The zero-order chi connectivity index (χ0) is 28.6. The fourth-order valence-corrected chi connectivity index (χ4v) is 4.63. The highest BCUT2D eigenvalue weighted by atomic mass is 19.4. The molecule has 2 aromatic carbocycles. The number of benzene rings is 2. The monoisotopic (exact) mass is 552 g/mol. The summed E-state index contributed by atoms with van der Waals surface area (Å²) in [6.07, 6.45) is -16.1. The smallest absolute Gasteiger partial charge is 0.416 e. The number of amides is 1. The lowest BCUT2D eigenvalue weighted by molar-refractivity contribution is -0.143. The van der Waals surface area contributed by atoms with Crippen molar-refractivity contribution in [3.05, 3.63) is 64.2 Å². The number of fused-ring (bicyclic) bond motifs is 1. The summed E-state index contributed by atoms with van der Waals surface area (Å²) < 4.78 is 126. The molecule has 0 radical (unpaired) electrons. The van der Waals surface area contributed by atoms with Gasteiger partial charge in [0.15, 0.2) is 0 Å². The zero-order valence-electron chi connectivity index (χ0n) is 19.9. The van der Waals surface area contributed by atoms with Crippen LogP contribution in [0.3, 0.4) is 0 Å². The first-order chi connectivity index (χ1) is 17.5. The van der Waals surface area contributed by atoms with Crippen LogP contribution in [0.25, 0.3) is 0 Å². The molecule has 0 bridgehead atoms. The molecular weight excluding hydrogens is 531 g/mol. The fraction of sp³-hybridized carbons (Fsp3) is 0.440. The second kappa shape index (κ2) is 10.4. The van der Waals surface area contributed by atoms with Crippen molar-refractivity contribution in [3.8, 4) is 6.07 Å². The average Bonchev–Trinajstić information content (AvgIpc) is 2.82. The molecule has 1 aliphatic heterocycles. The molecule has 2 aromatic rings. The summed E-state index contributed by atoms with van der Waals surface area (Å²) in [7, 11) is 0. The summed E-state index contributed by atoms with van der Waals surface area (Å²) in [5.41, 5.74) is -5.39. The minimum Gasteiger partial charge on any atom is -0.449 e. The third kappa shape index (κ3) is 5.84. The summed E-state index contributed by atoms with van der Waals surface area (Å²) in [5, 5.41) is 9.95. The molecule has 1 heterocycles. The molecule has 206 valence electrons. The Morgan fingerprint density at radius 1 is 0.947 bits per heavy atom. The van der Waals surface area contributed by atoms with Gasteiger partial charge in [0.05, 0.1) is 41.0 Å². The normalized spacial score (nSPS) is 18.9. The summed E-state index contributed by atoms with van der Waals surface area (Å²) in [6, 6.07) is 4.02. The Balaban J connectivity index is 2.28. The van der Waals surface area contributed by atoms with Crippen LogP contribution in [0.2, 0.25) is 0 Å². The largest absolute Gasteiger partial charge is 0.449 e. The van der Waals surface area contributed by atoms with Crippen LogP contribution in [-0.2, 0) is 23.3 Å². The number of nitriles is 1. The molecule has 3 rings (SSSR count). The van der Waals surface area contributed by atoms with E-state index in [1.807, 2.05) is 0 Å². The van der Waals surface area contributed by atoms with E-state index < -0.39 is 64.8 Å². The van der Waals surface area contributed by atoms with E-state index in [1.54, 1.807) is 13.0 Å². The number of hydrogen-bond acceptors (Lipinski definition) is 3. The Labute approximate surface area is 211 Å². The molecule has 0 saturated carbocycles. The lowest BCUT2D eigenvalue weighted by atomic mass is 9.74. The number of halogens is 9. The van der Waals surface area contributed by atoms with E-state index in [0.717, 1.165) is 11.0 Å². The molecule has 1 aliphatic rings. The molecule has 3 atom stereocenters. The van der Waals surface area contributed by atoms with Gasteiger partial charge in [0.2, 0.25) is 0 Å². The van der Waals surface area contributed by atoms with Gasteiger partial charge >= 0.3 is 24.6 Å². The first-order valence-electron chi connectivity index (χ1n) is 11.4. The Bertz CT molecular complexity index is 1200. The van der Waals surface area contributed by atoms with E-state index in [1.165, 1.54) is 6.92 Å². The maximum atomic E-state index is 13.6. The van der Waals surface area contributed by atoms with Gasteiger partial charge in [0, 0.05) is 12.0 Å². The maximum Gasteiger partial charge on any atom is 0.416 e. The number of carbonyl (C=O) groups is 1. The first kappa shape index (κ1) is 29.1. The Hall–Kier alpha value is -3.43. The Morgan fingerprint density at radius 3 is 1.95 bits per heavy atom. The van der Waals surface area contributed by atoms with Crippen molar-refractivity contribution < 1.29 is 49.0 Å². The van der Waals surface area contributed by atoms with Crippen LogP contribution in [0, 0.1) is 11.3 Å². The minimum absolute atomic E-state index is 0.0591. The van der Waals surface area contributed by atoms with E-state index in [-0.39, 0.29) is 36.8 Å². The number of nitrogens with zero attached hydrogens (tertiary/aromatic N) is 2. The lowest BCUT2D eigenvalue weighted by Crippen LogP contribution is -2.45. The Kier molecular flexibility index (Phi) is 7.96. The van der Waals surface area contributed by atoms with Crippen molar-refractivity contribution in [2.45, 2.75) is 63.1 Å². The molecule has 0 aromatic heterocycles. The highest BCUT2D eigenvalue weighted by molar-refractivity contribution is 5.90. The SMILES string of the molecule is CCOC(=O)N1c2ccc(C(F)(F)F)cc2[C@@H](C(C#N)c2cc(C(F)(F)F)cc(C(F)(F)F)c2)CC1CC. The van der Waals surface area contributed by atoms with Gasteiger partial charge in [-0.3, -0.25) is 4.90 Å². The molecule has 0 N–H and O–H groups in total. The topological polar surface area (TPSA) is 53.3 Å². The highest BCUT2D eigenvalue weighted by Gasteiger charge is 2.43. The van der Waals surface area contributed by atoms with Gasteiger partial charge in [-0.25, -0.2) is 4.79 Å². The van der Waals surface area contributed by atoms with Gasteiger partial charge in [0.25, 0.3) is 0 Å². The van der Waals surface area contributed by atoms with Gasteiger partial charge in [0.1, 0.15) is 0 Å². The van der Waals surface area contributed by atoms with Crippen molar-refractivity contribution in [3.63, 3.8) is 0 Å². The van der Waals surface area contributed by atoms with Gasteiger partial charge in [-0.05, 0) is 67.3 Å². The van der Waals surface area contributed by atoms with Crippen molar-refractivity contribution in [2.75, 3.05) is 11.5 Å². The number of alkyl halides is 9. The number of hydrogen-bond donors (Lipinski definition) is 0. The van der Waals surface area contributed by atoms with Crippen LogP contribution in [0.4, 0.5) is 50.0 Å². The molecular formula is C25H21F9N2O2. The molecule has 0 fully saturated rings. The van der Waals surface area contributed by atoms with Crippen LogP contribution in [-0.4, -0.2) is 18.7 Å². The second-order valence-electron chi connectivity index (χ2n) is 8.69. The summed E-state index contributed by atoms with van der Waals surface area (Å²) in [6.45, 7) is 3.09. The standard InChI is InChI=1S/C25H21F9N2O2/c1-3-17-11-18(19-10-14(23(26,27)28)5-6-21(19)36(17)22(37)38-4-2)20(12-35)13-7-15(24(29,30)31)9-16(8-13)25(32,33)34/h5-10,17-18,20H,3-4,11H2,1-2H3/t17?,18-,20?/m0/s1. The molecule has 38 heavy (non-hydrogen) atoms. The maximum absolute atomic E-state index is 13.6. The van der Waals surface area contributed by atoms with Gasteiger partial charge in [-0.15, -0.1) is 0 Å². The molecule has 0 saturated heterocycles. The third-order valence-electron chi connectivity index (χ3n) is 6.35. The second-order valence-corrected chi connectivity index (χ2v) is 8.69. The van der Waals surface area contributed by atoms with Gasteiger partial charge < -0.3 is 4.74 Å². The van der Waals surface area contributed by atoms with E-state index in [9.17, 15) is 49.6 Å². The summed E-state index contributed by atoms with van der Waals surface area (Å²) in [5.74, 6) is -2.96. The van der Waals surface area contributed by atoms with Gasteiger partial charge in [-0.2, -0.15) is 44.8 Å². The number of ether oxygens (including phenoxy) is 1. The molecule has 1 amide bonds. The quantitative estimate of drug-likeness (QED) is 0.359. The van der Waals surface area contributed by atoms with Crippen LogP contribution in [0.15, 0.2) is 36.4 Å². The predicted octanol–water partition coefficient (Wildman–Crippen LogP) is 8.28. The van der Waals surface area contributed by atoms with Crippen molar-refractivity contribution in [1.82, 2.24) is 0 Å². The number of anilines is 1. The molecule has 13 heteroatoms. The zero-order valence-corrected chi connectivity index (χ0v) is 19.9.